The number of alkyl halides is 1. The van der Waals surface area contributed by atoms with E-state index in [1.807, 2.05) is 24.3 Å². The lowest BCUT2D eigenvalue weighted by Gasteiger charge is -2.22. The first-order valence-corrected chi connectivity index (χ1v) is 5.56. The fourth-order valence-corrected chi connectivity index (χ4v) is 2.02. The average Bonchev–Trinajstić information content (AvgIpc) is 2.93. The summed E-state index contributed by atoms with van der Waals surface area (Å²) in [6, 6.07) is 7.61. The monoisotopic (exact) mass is 236 g/mol. The van der Waals surface area contributed by atoms with Crippen molar-refractivity contribution in [2.45, 2.75) is 12.2 Å². The summed E-state index contributed by atoms with van der Waals surface area (Å²) in [6.45, 7) is 0.519. The molecule has 2 aromatic rings. The minimum Gasteiger partial charge on any atom is -0.423 e. The van der Waals surface area contributed by atoms with Crippen LogP contribution in [-0.4, -0.2) is 37.5 Å². The lowest BCUT2D eigenvalue weighted by Crippen LogP contribution is -2.38. The van der Waals surface area contributed by atoms with Gasteiger partial charge in [-0.1, -0.05) is 12.1 Å². The van der Waals surface area contributed by atoms with Crippen molar-refractivity contribution in [2.75, 3.05) is 25.2 Å². The summed E-state index contributed by atoms with van der Waals surface area (Å²) >= 11 is 0. The summed E-state index contributed by atoms with van der Waals surface area (Å²) in [4.78, 5) is 6.03. The second-order valence-corrected chi connectivity index (χ2v) is 4.20. The lowest BCUT2D eigenvalue weighted by molar-refractivity contribution is 0.173. The Morgan fingerprint density at radius 1 is 1.35 bits per heavy atom. The van der Waals surface area contributed by atoms with Crippen molar-refractivity contribution in [1.82, 2.24) is 4.98 Å². The molecule has 1 fully saturated rings. The minimum atomic E-state index is -0.991. The number of oxazole rings is 1. The van der Waals surface area contributed by atoms with Gasteiger partial charge in [0, 0.05) is 7.05 Å². The highest BCUT2D eigenvalue weighted by Crippen LogP contribution is 2.25. The summed E-state index contributed by atoms with van der Waals surface area (Å²) < 4.78 is 24.2. The molecule has 0 bridgehead atoms. The van der Waals surface area contributed by atoms with E-state index in [1.54, 1.807) is 11.9 Å². The molecule has 0 aliphatic carbocycles. The zero-order valence-electron chi connectivity index (χ0n) is 9.47. The van der Waals surface area contributed by atoms with Gasteiger partial charge in [0.1, 0.15) is 11.7 Å². The quantitative estimate of drug-likeness (QED) is 0.799. The summed E-state index contributed by atoms with van der Waals surface area (Å²) in [7, 11) is 1.77. The largest absolute Gasteiger partial charge is 0.423 e. The third-order valence-electron chi connectivity index (χ3n) is 3.06. The molecule has 1 aliphatic rings. The van der Waals surface area contributed by atoms with E-state index in [0.717, 1.165) is 5.52 Å². The Hall–Kier alpha value is -1.62. The maximum absolute atomic E-state index is 13.5. The van der Waals surface area contributed by atoms with Crippen molar-refractivity contribution in [3.63, 3.8) is 0 Å². The Kier molecular flexibility index (Phi) is 2.48. The molecule has 17 heavy (non-hydrogen) atoms. The maximum atomic E-state index is 13.5. The van der Waals surface area contributed by atoms with Gasteiger partial charge in [0.15, 0.2) is 5.58 Å². The second-order valence-electron chi connectivity index (χ2n) is 4.20. The van der Waals surface area contributed by atoms with Crippen LogP contribution in [0, 0.1) is 0 Å². The highest BCUT2D eigenvalue weighted by atomic mass is 19.1. The summed E-state index contributed by atoms with van der Waals surface area (Å²) in [5, 5.41) is 0. The van der Waals surface area contributed by atoms with Crippen LogP contribution in [0.3, 0.4) is 0 Å². The molecule has 0 spiro atoms. The number of benzene rings is 1. The Bertz CT molecular complexity index is 495. The molecular weight excluding hydrogens is 223 g/mol. The van der Waals surface area contributed by atoms with Gasteiger partial charge in [-0.25, -0.2) is 4.39 Å². The SMILES string of the molecule is CN(c1nc2ccccc2o1)[C@@H]1COC[C@H]1F. The van der Waals surface area contributed by atoms with E-state index < -0.39 is 6.17 Å². The van der Waals surface area contributed by atoms with Crippen LogP contribution >= 0.6 is 0 Å². The number of hydrogen-bond donors (Lipinski definition) is 0. The molecule has 2 atom stereocenters. The average molecular weight is 236 g/mol. The van der Waals surface area contributed by atoms with Crippen LogP contribution in [0.2, 0.25) is 0 Å². The predicted molar refractivity (Wildman–Crippen MR) is 61.9 cm³/mol. The smallest absolute Gasteiger partial charge is 0.298 e. The first-order chi connectivity index (χ1) is 8.25. The molecule has 2 heterocycles. The van der Waals surface area contributed by atoms with Crippen molar-refractivity contribution in [3.8, 4) is 0 Å². The molecule has 1 saturated heterocycles. The van der Waals surface area contributed by atoms with E-state index in [9.17, 15) is 4.39 Å². The molecule has 0 amide bonds. The highest BCUT2D eigenvalue weighted by molar-refractivity contribution is 5.74. The fourth-order valence-electron chi connectivity index (χ4n) is 2.02. The minimum absolute atomic E-state index is 0.148. The Labute approximate surface area is 98.0 Å². The van der Waals surface area contributed by atoms with Crippen molar-refractivity contribution < 1.29 is 13.5 Å². The highest BCUT2D eigenvalue weighted by Gasteiger charge is 2.33. The van der Waals surface area contributed by atoms with E-state index in [0.29, 0.717) is 18.2 Å². The number of nitrogens with zero attached hydrogens (tertiary/aromatic N) is 2. The van der Waals surface area contributed by atoms with Gasteiger partial charge in [0.2, 0.25) is 0 Å². The normalized spacial score (nSPS) is 24.4. The van der Waals surface area contributed by atoms with Crippen molar-refractivity contribution >= 4 is 17.1 Å². The van der Waals surface area contributed by atoms with Gasteiger partial charge in [-0.05, 0) is 12.1 Å². The van der Waals surface area contributed by atoms with Gasteiger partial charge in [-0.2, -0.15) is 4.98 Å². The van der Waals surface area contributed by atoms with Crippen LogP contribution in [0.4, 0.5) is 10.4 Å². The Morgan fingerprint density at radius 3 is 2.88 bits per heavy atom. The van der Waals surface area contributed by atoms with Crippen LogP contribution in [0.1, 0.15) is 0 Å². The first-order valence-electron chi connectivity index (χ1n) is 5.56. The first kappa shape index (κ1) is 10.5. The summed E-state index contributed by atoms with van der Waals surface area (Å²) in [5.74, 6) is 0. The van der Waals surface area contributed by atoms with Crippen molar-refractivity contribution in [1.29, 1.82) is 0 Å². The zero-order chi connectivity index (χ0) is 11.8. The van der Waals surface area contributed by atoms with Gasteiger partial charge in [0.25, 0.3) is 6.01 Å². The number of ether oxygens (including phenoxy) is 1. The Morgan fingerprint density at radius 2 is 2.18 bits per heavy atom. The number of rotatable bonds is 2. The summed E-state index contributed by atoms with van der Waals surface area (Å²) in [5.41, 5.74) is 1.49. The topological polar surface area (TPSA) is 38.5 Å². The lowest BCUT2D eigenvalue weighted by atomic mass is 10.2. The van der Waals surface area contributed by atoms with Gasteiger partial charge in [-0.15, -0.1) is 0 Å². The van der Waals surface area contributed by atoms with Gasteiger partial charge in [-0.3, -0.25) is 0 Å². The predicted octanol–water partition coefficient (Wildman–Crippen LogP) is 2.00. The molecule has 90 valence electrons. The molecule has 1 aromatic heterocycles. The second kappa shape index (κ2) is 4.00. The molecule has 4 nitrogen and oxygen atoms in total. The Balaban J connectivity index is 1.92. The van der Waals surface area contributed by atoms with Crippen molar-refractivity contribution in [3.05, 3.63) is 24.3 Å². The number of halogens is 1. The van der Waals surface area contributed by atoms with Crippen molar-refractivity contribution in [2.24, 2.45) is 0 Å². The number of anilines is 1. The molecule has 0 unspecified atom stereocenters. The molecule has 0 saturated carbocycles. The molecule has 0 N–H and O–H groups in total. The molecular formula is C12H13FN2O2. The fraction of sp³-hybridized carbons (Fsp3) is 0.417. The molecule has 1 aliphatic heterocycles. The van der Waals surface area contributed by atoms with Crippen LogP contribution < -0.4 is 4.90 Å². The maximum Gasteiger partial charge on any atom is 0.298 e. The third-order valence-corrected chi connectivity index (χ3v) is 3.06. The van der Waals surface area contributed by atoms with E-state index in [1.165, 1.54) is 0 Å². The number of likely N-dealkylation sites (N-methyl/N-ethyl adjacent to an activating group) is 1. The van der Waals surface area contributed by atoms with Gasteiger partial charge < -0.3 is 14.1 Å². The number of hydrogen-bond acceptors (Lipinski definition) is 4. The number of aromatic nitrogens is 1. The van der Waals surface area contributed by atoms with Crippen LogP contribution in [-0.2, 0) is 4.74 Å². The number of fused-ring (bicyclic) bond motifs is 1. The molecule has 3 rings (SSSR count). The molecule has 1 aromatic carbocycles. The van der Waals surface area contributed by atoms with E-state index in [-0.39, 0.29) is 12.6 Å². The van der Waals surface area contributed by atoms with Gasteiger partial charge >= 0.3 is 0 Å². The molecule has 5 heteroatoms. The van der Waals surface area contributed by atoms with Crippen LogP contribution in [0.25, 0.3) is 11.1 Å². The van der Waals surface area contributed by atoms with E-state index >= 15 is 0 Å². The van der Waals surface area contributed by atoms with E-state index in [4.69, 9.17) is 9.15 Å². The standard InChI is InChI=1S/C12H13FN2O2/c1-15(10-7-16-6-8(10)13)12-14-9-4-2-3-5-11(9)17-12/h2-5,8,10H,6-7H2,1H3/t8-,10-/m1/s1. The molecule has 0 radical (unpaired) electrons. The van der Waals surface area contributed by atoms with E-state index in [2.05, 4.69) is 4.98 Å². The van der Waals surface area contributed by atoms with Gasteiger partial charge in [0.05, 0.1) is 19.3 Å². The van der Waals surface area contributed by atoms with Crippen LogP contribution in [0.15, 0.2) is 28.7 Å². The number of para-hydroxylation sites is 2. The summed E-state index contributed by atoms with van der Waals surface area (Å²) in [6.07, 6.45) is -0.991. The zero-order valence-corrected chi connectivity index (χ0v) is 9.47. The third kappa shape index (κ3) is 1.76. The van der Waals surface area contributed by atoms with Crippen LogP contribution in [0.5, 0.6) is 0 Å².